The maximum atomic E-state index is 6.36. The van der Waals surface area contributed by atoms with Crippen LogP contribution in [0.1, 0.15) is 76.5 Å². The van der Waals surface area contributed by atoms with Gasteiger partial charge in [-0.25, -0.2) is 0 Å². The van der Waals surface area contributed by atoms with Crippen LogP contribution < -0.4 is 14.8 Å². The number of hydrogen-bond donors (Lipinski definition) is 1. The molecule has 3 heteroatoms. The van der Waals surface area contributed by atoms with Gasteiger partial charge in [0, 0.05) is 6.04 Å². The van der Waals surface area contributed by atoms with Crippen LogP contribution in [0.5, 0.6) is 11.5 Å². The van der Waals surface area contributed by atoms with Gasteiger partial charge in [0.1, 0.15) is 17.6 Å². The molecule has 1 heterocycles. The van der Waals surface area contributed by atoms with E-state index in [-0.39, 0.29) is 6.10 Å². The summed E-state index contributed by atoms with van der Waals surface area (Å²) in [6.45, 7) is 8.05. The summed E-state index contributed by atoms with van der Waals surface area (Å²) in [4.78, 5) is 0. The lowest BCUT2D eigenvalue weighted by Crippen LogP contribution is -2.37. The number of aryl methyl sites for hydroxylation is 1. The molecule has 3 nitrogen and oxygen atoms in total. The van der Waals surface area contributed by atoms with Crippen LogP contribution in [0.4, 0.5) is 0 Å². The Labute approximate surface area is 182 Å². The topological polar surface area (TPSA) is 30.5 Å². The maximum Gasteiger partial charge on any atom is 0.124 e. The molecule has 2 aliphatic rings. The third-order valence-corrected chi connectivity index (χ3v) is 6.43. The van der Waals surface area contributed by atoms with E-state index in [1.54, 1.807) is 0 Å². The zero-order valence-corrected chi connectivity index (χ0v) is 18.8. The first-order chi connectivity index (χ1) is 14.5. The zero-order chi connectivity index (χ0) is 21.0. The van der Waals surface area contributed by atoms with Crippen molar-refractivity contribution in [2.75, 3.05) is 6.54 Å². The smallest absolute Gasteiger partial charge is 0.124 e. The van der Waals surface area contributed by atoms with Crippen molar-refractivity contribution in [1.82, 2.24) is 5.32 Å². The largest absolute Gasteiger partial charge is 0.490 e. The van der Waals surface area contributed by atoms with Gasteiger partial charge in [0.25, 0.3) is 0 Å². The molecule has 162 valence electrons. The number of nitrogens with one attached hydrogen (secondary N) is 1. The molecule has 0 aromatic heterocycles. The Hall–Kier alpha value is -2.00. The minimum Gasteiger partial charge on any atom is -0.490 e. The molecule has 1 aliphatic carbocycles. The zero-order valence-electron chi connectivity index (χ0n) is 18.8. The second-order valence-corrected chi connectivity index (χ2v) is 10.2. The lowest BCUT2D eigenvalue weighted by molar-refractivity contribution is 0.137. The highest BCUT2D eigenvalue weighted by Gasteiger charge is 2.24. The van der Waals surface area contributed by atoms with Crippen molar-refractivity contribution < 1.29 is 9.47 Å². The normalized spacial score (nSPS) is 24.0. The SMILES string of the molecule is CC(C)(C)CCNC1CCC(Oc2ccc3c(c2)CCC(c2ccccc2)O3)CC1. The minimum absolute atomic E-state index is 0.159. The molecule has 0 spiro atoms. The quantitative estimate of drug-likeness (QED) is 0.595. The molecule has 2 aromatic rings. The molecule has 1 saturated carbocycles. The number of ether oxygens (including phenoxy) is 2. The average molecular weight is 408 g/mol. The van der Waals surface area contributed by atoms with Crippen LogP contribution in [-0.4, -0.2) is 18.7 Å². The van der Waals surface area contributed by atoms with E-state index in [0.717, 1.165) is 43.7 Å². The Bertz CT molecular complexity index is 803. The van der Waals surface area contributed by atoms with Gasteiger partial charge in [-0.15, -0.1) is 0 Å². The summed E-state index contributed by atoms with van der Waals surface area (Å²) in [7, 11) is 0. The van der Waals surface area contributed by atoms with Crippen molar-refractivity contribution in [1.29, 1.82) is 0 Å². The Morgan fingerprint density at radius 2 is 1.73 bits per heavy atom. The van der Waals surface area contributed by atoms with Gasteiger partial charge < -0.3 is 14.8 Å². The second kappa shape index (κ2) is 9.43. The Morgan fingerprint density at radius 1 is 0.967 bits per heavy atom. The molecular weight excluding hydrogens is 370 g/mol. The van der Waals surface area contributed by atoms with Gasteiger partial charge in [0.15, 0.2) is 0 Å². The monoisotopic (exact) mass is 407 g/mol. The molecule has 0 bridgehead atoms. The highest BCUT2D eigenvalue weighted by molar-refractivity contribution is 5.42. The number of rotatable bonds is 6. The Morgan fingerprint density at radius 3 is 2.47 bits per heavy atom. The van der Waals surface area contributed by atoms with Crippen LogP contribution in [-0.2, 0) is 6.42 Å². The van der Waals surface area contributed by atoms with Crippen molar-refractivity contribution in [2.45, 2.75) is 84.0 Å². The van der Waals surface area contributed by atoms with E-state index >= 15 is 0 Å². The van der Waals surface area contributed by atoms with Crippen molar-refractivity contribution in [3.63, 3.8) is 0 Å². The predicted molar refractivity (Wildman–Crippen MR) is 123 cm³/mol. The maximum absolute atomic E-state index is 6.36. The molecule has 1 N–H and O–H groups in total. The summed E-state index contributed by atoms with van der Waals surface area (Å²) in [5.74, 6) is 2.01. The van der Waals surface area contributed by atoms with Crippen molar-refractivity contribution in [2.24, 2.45) is 5.41 Å². The van der Waals surface area contributed by atoms with E-state index < -0.39 is 0 Å². The van der Waals surface area contributed by atoms with Gasteiger partial charge in [0.05, 0.1) is 6.10 Å². The van der Waals surface area contributed by atoms with Gasteiger partial charge in [-0.05, 0) is 86.2 Å². The van der Waals surface area contributed by atoms with Crippen LogP contribution in [0.3, 0.4) is 0 Å². The van der Waals surface area contributed by atoms with E-state index in [4.69, 9.17) is 9.47 Å². The van der Waals surface area contributed by atoms with E-state index in [0.29, 0.717) is 17.6 Å². The molecule has 4 rings (SSSR count). The first-order valence-corrected chi connectivity index (χ1v) is 11.7. The number of benzene rings is 2. The van der Waals surface area contributed by atoms with Crippen molar-refractivity contribution >= 4 is 0 Å². The summed E-state index contributed by atoms with van der Waals surface area (Å²) in [6.07, 6.45) is 8.47. The van der Waals surface area contributed by atoms with Crippen LogP contribution in [0.15, 0.2) is 48.5 Å². The summed E-state index contributed by atoms with van der Waals surface area (Å²) in [6, 6.07) is 17.6. The van der Waals surface area contributed by atoms with Gasteiger partial charge >= 0.3 is 0 Å². The van der Waals surface area contributed by atoms with Crippen molar-refractivity contribution in [3.8, 4) is 11.5 Å². The second-order valence-electron chi connectivity index (χ2n) is 10.2. The predicted octanol–water partition coefficient (Wildman–Crippen LogP) is 6.47. The van der Waals surface area contributed by atoms with Crippen LogP contribution in [0, 0.1) is 5.41 Å². The molecule has 2 aromatic carbocycles. The Kier molecular flexibility index (Phi) is 6.67. The summed E-state index contributed by atoms with van der Waals surface area (Å²) < 4.78 is 12.6. The first-order valence-electron chi connectivity index (χ1n) is 11.7. The van der Waals surface area contributed by atoms with Gasteiger partial charge in [-0.3, -0.25) is 0 Å². The van der Waals surface area contributed by atoms with E-state index in [1.807, 2.05) is 0 Å². The average Bonchev–Trinajstić information content (AvgIpc) is 2.74. The fourth-order valence-electron chi connectivity index (χ4n) is 4.57. The Balaban J connectivity index is 1.26. The molecule has 0 saturated heterocycles. The third kappa shape index (κ3) is 5.78. The molecule has 0 radical (unpaired) electrons. The van der Waals surface area contributed by atoms with Crippen LogP contribution in [0.25, 0.3) is 0 Å². The highest BCUT2D eigenvalue weighted by Crippen LogP contribution is 2.37. The van der Waals surface area contributed by atoms with Crippen LogP contribution >= 0.6 is 0 Å². The number of fused-ring (bicyclic) bond motifs is 1. The molecule has 1 fully saturated rings. The lowest BCUT2D eigenvalue weighted by Gasteiger charge is -2.31. The fraction of sp³-hybridized carbons (Fsp3) is 0.556. The molecule has 1 unspecified atom stereocenters. The summed E-state index contributed by atoms with van der Waals surface area (Å²) in [5, 5.41) is 3.75. The van der Waals surface area contributed by atoms with Crippen molar-refractivity contribution in [3.05, 3.63) is 59.7 Å². The molecule has 1 aliphatic heterocycles. The fourth-order valence-corrected chi connectivity index (χ4v) is 4.57. The van der Waals surface area contributed by atoms with E-state index in [2.05, 4.69) is 74.6 Å². The minimum atomic E-state index is 0.159. The van der Waals surface area contributed by atoms with Gasteiger partial charge in [-0.1, -0.05) is 51.1 Å². The summed E-state index contributed by atoms with van der Waals surface area (Å²) >= 11 is 0. The summed E-state index contributed by atoms with van der Waals surface area (Å²) in [5.41, 5.74) is 2.94. The molecule has 1 atom stereocenters. The highest BCUT2D eigenvalue weighted by atomic mass is 16.5. The third-order valence-electron chi connectivity index (χ3n) is 6.43. The molecular formula is C27H37NO2. The van der Waals surface area contributed by atoms with E-state index in [9.17, 15) is 0 Å². The van der Waals surface area contributed by atoms with Gasteiger partial charge in [-0.2, -0.15) is 0 Å². The standard InChI is InChI=1S/C27H37NO2/c1-27(2,3)17-18-28-22-10-12-23(13-11-22)29-24-14-16-26-21(19-24)9-15-25(30-26)20-7-5-4-6-8-20/h4-8,14,16,19,22-23,25,28H,9-13,15,17-18H2,1-3H3. The van der Waals surface area contributed by atoms with E-state index in [1.165, 1.54) is 30.4 Å². The number of hydrogen-bond acceptors (Lipinski definition) is 3. The molecule has 30 heavy (non-hydrogen) atoms. The van der Waals surface area contributed by atoms with Crippen LogP contribution in [0.2, 0.25) is 0 Å². The lowest BCUT2D eigenvalue weighted by atomic mass is 9.90. The van der Waals surface area contributed by atoms with Gasteiger partial charge in [0.2, 0.25) is 0 Å². The first kappa shape index (κ1) is 21.2. The molecule has 0 amide bonds.